The Bertz CT molecular complexity index is 863. The molecule has 1 aliphatic carbocycles. The average Bonchev–Trinajstić information content (AvgIpc) is 2.84. The third kappa shape index (κ3) is 3.34. The molecule has 2 aromatic rings. The van der Waals surface area contributed by atoms with Crippen LogP contribution in [0, 0.1) is 6.92 Å². The van der Waals surface area contributed by atoms with E-state index in [0.717, 1.165) is 22.4 Å². The molecule has 1 unspecified atom stereocenters. The summed E-state index contributed by atoms with van der Waals surface area (Å²) in [6.45, 7) is 3.73. The summed E-state index contributed by atoms with van der Waals surface area (Å²) in [5.41, 5.74) is 3.69. The fraction of sp³-hybridized carbons (Fsp3) is 0.368. The molecule has 0 N–H and O–H groups in total. The predicted octanol–water partition coefficient (Wildman–Crippen LogP) is 6.68. The monoisotopic (exact) mass is 387 g/mol. The molecule has 134 valence electrons. The molecule has 0 amide bonds. The summed E-state index contributed by atoms with van der Waals surface area (Å²) in [4.78, 5) is 0. The molecule has 1 aromatic heterocycles. The van der Waals surface area contributed by atoms with E-state index in [4.69, 9.17) is 23.2 Å². The van der Waals surface area contributed by atoms with Gasteiger partial charge in [-0.1, -0.05) is 36.2 Å². The van der Waals surface area contributed by atoms with Crippen molar-refractivity contribution in [1.82, 2.24) is 4.57 Å². The van der Waals surface area contributed by atoms with E-state index in [2.05, 4.69) is 0 Å². The van der Waals surface area contributed by atoms with Crippen molar-refractivity contribution >= 4 is 29.3 Å². The molecule has 0 saturated heterocycles. The van der Waals surface area contributed by atoms with Gasteiger partial charge in [-0.2, -0.15) is 13.2 Å². The van der Waals surface area contributed by atoms with Crippen molar-refractivity contribution < 1.29 is 13.2 Å². The van der Waals surface area contributed by atoms with Crippen molar-refractivity contribution in [2.45, 2.75) is 38.8 Å². The zero-order chi connectivity index (χ0) is 18.5. The number of aromatic nitrogens is 1. The summed E-state index contributed by atoms with van der Waals surface area (Å²) in [6, 6.07) is 5.62. The lowest BCUT2D eigenvalue weighted by Gasteiger charge is -2.22. The van der Waals surface area contributed by atoms with Gasteiger partial charge in [0.15, 0.2) is 0 Å². The number of allylic oxidation sites excluding steroid dienone is 1. The normalized spacial score (nSPS) is 17.4. The van der Waals surface area contributed by atoms with Gasteiger partial charge in [-0.25, -0.2) is 0 Å². The van der Waals surface area contributed by atoms with Crippen LogP contribution in [0.25, 0.3) is 6.08 Å². The number of alkyl halides is 3. The molecule has 1 aliphatic rings. The standard InChI is InChI=1S/C19H18Cl2F3N/c1-10-4-5-16(20)15(18(10)21)9-13-8-14-11(2)6-12(19(22,23)24)7-17(14)25(13)3/h4-5,7-8,11H,6,9H2,1-3H3. The van der Waals surface area contributed by atoms with Crippen LogP contribution in [-0.2, 0) is 13.5 Å². The van der Waals surface area contributed by atoms with Gasteiger partial charge >= 0.3 is 6.18 Å². The molecule has 0 saturated carbocycles. The number of nitrogens with zero attached hydrogens (tertiary/aromatic N) is 1. The smallest absolute Gasteiger partial charge is 0.348 e. The highest BCUT2D eigenvalue weighted by Gasteiger charge is 2.37. The lowest BCUT2D eigenvalue weighted by Crippen LogP contribution is -2.17. The third-order valence-corrected chi connectivity index (χ3v) is 5.76. The highest BCUT2D eigenvalue weighted by Crippen LogP contribution is 2.42. The highest BCUT2D eigenvalue weighted by atomic mass is 35.5. The van der Waals surface area contributed by atoms with E-state index in [1.807, 2.05) is 30.5 Å². The second kappa shape index (κ2) is 6.40. The van der Waals surface area contributed by atoms with Gasteiger partial charge in [0, 0.05) is 40.5 Å². The van der Waals surface area contributed by atoms with Crippen molar-refractivity contribution in [2.24, 2.45) is 7.05 Å². The molecule has 0 bridgehead atoms. The second-order valence-corrected chi connectivity index (χ2v) is 7.43. The topological polar surface area (TPSA) is 4.93 Å². The summed E-state index contributed by atoms with van der Waals surface area (Å²) < 4.78 is 41.2. The number of rotatable bonds is 2. The molecule has 0 aliphatic heterocycles. The van der Waals surface area contributed by atoms with Gasteiger partial charge in [0.25, 0.3) is 0 Å². The van der Waals surface area contributed by atoms with Crippen LogP contribution < -0.4 is 0 Å². The summed E-state index contributed by atoms with van der Waals surface area (Å²) >= 11 is 12.7. The van der Waals surface area contributed by atoms with Gasteiger partial charge in [-0.15, -0.1) is 0 Å². The molecule has 1 nitrogen and oxygen atoms in total. The van der Waals surface area contributed by atoms with Crippen LogP contribution in [0.2, 0.25) is 10.0 Å². The van der Waals surface area contributed by atoms with Crippen LogP contribution in [0.4, 0.5) is 13.2 Å². The van der Waals surface area contributed by atoms with Crippen LogP contribution in [0.15, 0.2) is 23.8 Å². The van der Waals surface area contributed by atoms with Crippen LogP contribution >= 0.6 is 23.2 Å². The average molecular weight is 388 g/mol. The largest absolute Gasteiger partial charge is 0.412 e. The first-order valence-corrected chi connectivity index (χ1v) is 8.75. The van der Waals surface area contributed by atoms with Gasteiger partial charge < -0.3 is 4.57 Å². The molecule has 1 aromatic carbocycles. The number of benzene rings is 1. The minimum Gasteiger partial charge on any atom is -0.348 e. The maximum Gasteiger partial charge on any atom is 0.412 e. The van der Waals surface area contributed by atoms with E-state index < -0.39 is 11.7 Å². The minimum atomic E-state index is -4.29. The van der Waals surface area contributed by atoms with E-state index in [1.165, 1.54) is 6.08 Å². The summed E-state index contributed by atoms with van der Waals surface area (Å²) in [5, 5.41) is 1.17. The van der Waals surface area contributed by atoms with Gasteiger partial charge in [0.1, 0.15) is 0 Å². The Hall–Kier alpha value is -1.39. The minimum absolute atomic E-state index is 0.00586. The quantitative estimate of drug-likeness (QED) is 0.541. The van der Waals surface area contributed by atoms with Crippen LogP contribution in [-0.4, -0.2) is 10.7 Å². The number of halogens is 5. The summed E-state index contributed by atoms with van der Waals surface area (Å²) in [5.74, 6) is -0.181. The fourth-order valence-electron chi connectivity index (χ4n) is 3.36. The Kier molecular flexibility index (Phi) is 4.71. The fourth-order valence-corrected chi connectivity index (χ4v) is 3.87. The van der Waals surface area contributed by atoms with Crippen molar-refractivity contribution in [3.05, 3.63) is 61.9 Å². The van der Waals surface area contributed by atoms with Crippen LogP contribution in [0.1, 0.15) is 47.3 Å². The molecule has 6 heteroatoms. The van der Waals surface area contributed by atoms with E-state index in [9.17, 15) is 13.2 Å². The number of aryl methyl sites for hydroxylation is 1. The maximum atomic E-state index is 13.1. The van der Waals surface area contributed by atoms with Gasteiger partial charge in [0.2, 0.25) is 0 Å². The first-order valence-electron chi connectivity index (χ1n) is 7.99. The first kappa shape index (κ1) is 18.4. The van der Waals surface area contributed by atoms with E-state index in [-0.39, 0.29) is 12.3 Å². The Morgan fingerprint density at radius 2 is 1.92 bits per heavy atom. The molecule has 0 radical (unpaired) electrons. The first-order chi connectivity index (χ1) is 11.6. The van der Waals surface area contributed by atoms with Crippen LogP contribution in [0.3, 0.4) is 0 Å². The van der Waals surface area contributed by atoms with Gasteiger partial charge in [-0.3, -0.25) is 0 Å². The second-order valence-electron chi connectivity index (χ2n) is 6.64. The molecule has 25 heavy (non-hydrogen) atoms. The Morgan fingerprint density at radius 1 is 1.24 bits per heavy atom. The van der Waals surface area contributed by atoms with Crippen molar-refractivity contribution in [1.29, 1.82) is 0 Å². The van der Waals surface area contributed by atoms with Crippen molar-refractivity contribution in [3.63, 3.8) is 0 Å². The highest BCUT2D eigenvalue weighted by molar-refractivity contribution is 6.36. The van der Waals surface area contributed by atoms with E-state index in [1.54, 1.807) is 13.1 Å². The molecule has 0 spiro atoms. The summed E-state index contributed by atoms with van der Waals surface area (Å²) in [7, 11) is 1.79. The number of hydrogen-bond donors (Lipinski definition) is 0. The van der Waals surface area contributed by atoms with Crippen LogP contribution in [0.5, 0.6) is 0 Å². The SMILES string of the molecule is Cc1ccc(Cl)c(Cc2cc3c(n2C)C=C(C(F)(F)F)CC3C)c1Cl. The number of hydrogen-bond acceptors (Lipinski definition) is 0. The predicted molar refractivity (Wildman–Crippen MR) is 96.5 cm³/mol. The molecule has 1 heterocycles. The number of fused-ring (bicyclic) bond motifs is 1. The van der Waals surface area contributed by atoms with Gasteiger partial charge in [0.05, 0.1) is 0 Å². The molecule has 1 atom stereocenters. The van der Waals surface area contributed by atoms with E-state index >= 15 is 0 Å². The van der Waals surface area contributed by atoms with Gasteiger partial charge in [-0.05, 0) is 54.2 Å². The third-order valence-electron chi connectivity index (χ3n) is 4.88. The Balaban J connectivity index is 2.06. The molecular formula is C19H18Cl2F3N. The lowest BCUT2D eigenvalue weighted by atomic mass is 9.87. The van der Waals surface area contributed by atoms with Crippen molar-refractivity contribution in [3.8, 4) is 0 Å². The molecule has 3 rings (SSSR count). The summed E-state index contributed by atoms with van der Waals surface area (Å²) in [6.07, 6.45) is -2.55. The molecular weight excluding hydrogens is 370 g/mol. The lowest BCUT2D eigenvalue weighted by molar-refractivity contribution is -0.0937. The molecule has 0 fully saturated rings. The maximum absolute atomic E-state index is 13.1. The zero-order valence-corrected chi connectivity index (χ0v) is 15.6. The Morgan fingerprint density at radius 3 is 2.56 bits per heavy atom. The Labute approximate surface area is 155 Å². The van der Waals surface area contributed by atoms with E-state index in [0.29, 0.717) is 22.2 Å². The zero-order valence-electron chi connectivity index (χ0n) is 14.1. The van der Waals surface area contributed by atoms with Crippen molar-refractivity contribution in [2.75, 3.05) is 0 Å².